The first-order chi connectivity index (χ1) is 15.5. The number of nitrogens with two attached hydrogens (primary N) is 1. The van der Waals surface area contributed by atoms with Crippen LogP contribution in [0.25, 0.3) is 33.5 Å². The molecule has 0 aliphatic carbocycles. The first-order valence-corrected chi connectivity index (χ1v) is 10.2. The van der Waals surface area contributed by atoms with Crippen molar-refractivity contribution in [1.29, 1.82) is 5.26 Å². The molecule has 0 amide bonds. The molecule has 3 N–H and O–H groups in total. The molecule has 0 fully saturated rings. The fourth-order valence-electron chi connectivity index (χ4n) is 3.77. The Bertz CT molecular complexity index is 1510. The topological polar surface area (TPSA) is 122 Å². The Balaban J connectivity index is 1.50. The number of benzene rings is 2. The highest BCUT2D eigenvalue weighted by Crippen LogP contribution is 2.29. The van der Waals surface area contributed by atoms with Crippen LogP contribution in [0.15, 0.2) is 54.9 Å². The van der Waals surface area contributed by atoms with Crippen molar-refractivity contribution in [2.45, 2.75) is 13.5 Å². The molecule has 8 nitrogen and oxygen atoms in total. The van der Waals surface area contributed by atoms with E-state index >= 15 is 0 Å². The lowest BCUT2D eigenvalue weighted by Gasteiger charge is -2.08. The normalized spacial score (nSPS) is 11.0. The molecule has 5 rings (SSSR count). The Labute approximate surface area is 188 Å². The zero-order chi connectivity index (χ0) is 22.2. The number of fused-ring (bicyclic) bond motifs is 1. The van der Waals surface area contributed by atoms with Gasteiger partial charge in [0.2, 0.25) is 5.95 Å². The van der Waals surface area contributed by atoms with E-state index in [0.717, 1.165) is 27.6 Å². The monoisotopic (exact) mass is 440 g/mol. The molecule has 0 aliphatic heterocycles. The van der Waals surface area contributed by atoms with Crippen LogP contribution in [-0.4, -0.2) is 29.9 Å². The second-order valence-electron chi connectivity index (χ2n) is 7.36. The standard InChI is InChI=1S/C23H17ClN8/c1-13-14(9-25)4-2-5-16(13)19-8-20(29-23(26)28-19)21-12-32(31-30-21)11-15-10-27-18-7-3-6-17(24)22(15)18/h2-8,10,12,27H,11H2,1H3,(H2,26,28,29). The molecule has 3 aromatic heterocycles. The van der Waals surface area contributed by atoms with Crippen LogP contribution in [0.5, 0.6) is 0 Å². The molecule has 2 aromatic carbocycles. The van der Waals surface area contributed by atoms with E-state index in [2.05, 4.69) is 31.3 Å². The van der Waals surface area contributed by atoms with Gasteiger partial charge in [-0.1, -0.05) is 35.0 Å². The summed E-state index contributed by atoms with van der Waals surface area (Å²) in [5, 5.41) is 19.5. The molecule has 0 unspecified atom stereocenters. The van der Waals surface area contributed by atoms with Gasteiger partial charge in [0.15, 0.2) is 0 Å². The lowest BCUT2D eigenvalue weighted by molar-refractivity contribution is 0.652. The third kappa shape index (κ3) is 3.45. The zero-order valence-electron chi connectivity index (χ0n) is 17.0. The van der Waals surface area contributed by atoms with Gasteiger partial charge in [-0.2, -0.15) is 5.26 Å². The molecule has 0 bridgehead atoms. The number of H-pyrrole nitrogens is 1. The Hall–Kier alpha value is -4.22. The van der Waals surface area contributed by atoms with Crippen molar-refractivity contribution in [3.8, 4) is 28.7 Å². The Morgan fingerprint density at radius 3 is 2.78 bits per heavy atom. The van der Waals surface area contributed by atoms with Gasteiger partial charge >= 0.3 is 0 Å². The largest absolute Gasteiger partial charge is 0.368 e. The Morgan fingerprint density at radius 2 is 1.94 bits per heavy atom. The fourth-order valence-corrected chi connectivity index (χ4v) is 4.07. The van der Waals surface area contributed by atoms with Crippen LogP contribution in [0.2, 0.25) is 5.02 Å². The van der Waals surface area contributed by atoms with Crippen LogP contribution in [0.1, 0.15) is 16.7 Å². The molecule has 3 heterocycles. The predicted octanol–water partition coefficient (Wildman–Crippen LogP) is 4.35. The fraction of sp³-hybridized carbons (Fsp3) is 0.0870. The molecule has 0 saturated heterocycles. The molecule has 0 radical (unpaired) electrons. The second-order valence-corrected chi connectivity index (χ2v) is 7.77. The number of nitriles is 1. The lowest BCUT2D eigenvalue weighted by Crippen LogP contribution is -2.00. The van der Waals surface area contributed by atoms with Crippen LogP contribution in [0, 0.1) is 18.3 Å². The van der Waals surface area contributed by atoms with Gasteiger partial charge in [-0.15, -0.1) is 5.10 Å². The summed E-state index contributed by atoms with van der Waals surface area (Å²) < 4.78 is 1.72. The minimum Gasteiger partial charge on any atom is -0.368 e. The van der Waals surface area contributed by atoms with Gasteiger partial charge in [0.1, 0.15) is 5.69 Å². The summed E-state index contributed by atoms with van der Waals surface area (Å²) in [5.41, 5.74) is 12.0. The number of hydrogen-bond acceptors (Lipinski definition) is 6. The van der Waals surface area contributed by atoms with Crippen molar-refractivity contribution >= 4 is 28.5 Å². The van der Waals surface area contributed by atoms with Gasteiger partial charge in [0, 0.05) is 28.2 Å². The summed E-state index contributed by atoms with van der Waals surface area (Å²) in [7, 11) is 0. The number of aromatic nitrogens is 6. The van der Waals surface area contributed by atoms with Crippen molar-refractivity contribution < 1.29 is 0 Å². The maximum atomic E-state index is 9.33. The van der Waals surface area contributed by atoms with Crippen molar-refractivity contribution in [1.82, 2.24) is 29.9 Å². The van der Waals surface area contributed by atoms with Gasteiger partial charge in [0.25, 0.3) is 0 Å². The Morgan fingerprint density at radius 1 is 1.12 bits per heavy atom. The summed E-state index contributed by atoms with van der Waals surface area (Å²) in [6.07, 6.45) is 3.73. The maximum absolute atomic E-state index is 9.33. The smallest absolute Gasteiger partial charge is 0.221 e. The molecular formula is C23H17ClN8. The van der Waals surface area contributed by atoms with Crippen molar-refractivity contribution in [2.75, 3.05) is 5.73 Å². The van der Waals surface area contributed by atoms with Crippen molar-refractivity contribution in [3.05, 3.63) is 76.6 Å². The molecule has 9 heteroatoms. The van der Waals surface area contributed by atoms with Crippen molar-refractivity contribution in [2.24, 2.45) is 0 Å². The van der Waals surface area contributed by atoms with E-state index in [0.29, 0.717) is 34.2 Å². The first-order valence-electron chi connectivity index (χ1n) is 9.83. The highest BCUT2D eigenvalue weighted by molar-refractivity contribution is 6.35. The van der Waals surface area contributed by atoms with Crippen LogP contribution in [0.4, 0.5) is 5.95 Å². The number of hydrogen-bond donors (Lipinski definition) is 2. The van der Waals surface area contributed by atoms with E-state index in [4.69, 9.17) is 17.3 Å². The molecule has 0 spiro atoms. The quantitative estimate of drug-likeness (QED) is 0.428. The van der Waals surface area contributed by atoms with Gasteiger partial charge in [0.05, 0.1) is 40.8 Å². The molecule has 0 saturated carbocycles. The van der Waals surface area contributed by atoms with Crippen LogP contribution >= 0.6 is 11.6 Å². The van der Waals surface area contributed by atoms with E-state index in [-0.39, 0.29) is 5.95 Å². The van der Waals surface area contributed by atoms with E-state index in [1.165, 1.54) is 0 Å². The highest BCUT2D eigenvalue weighted by Gasteiger charge is 2.14. The van der Waals surface area contributed by atoms with E-state index in [1.807, 2.05) is 43.5 Å². The predicted molar refractivity (Wildman–Crippen MR) is 123 cm³/mol. The summed E-state index contributed by atoms with van der Waals surface area (Å²) in [6, 6.07) is 15.2. The third-order valence-electron chi connectivity index (χ3n) is 5.34. The molecular weight excluding hydrogens is 424 g/mol. The molecule has 0 atom stereocenters. The van der Waals surface area contributed by atoms with Crippen LogP contribution in [-0.2, 0) is 6.54 Å². The third-order valence-corrected chi connectivity index (χ3v) is 5.66. The van der Waals surface area contributed by atoms with Gasteiger partial charge in [-0.25, -0.2) is 14.6 Å². The maximum Gasteiger partial charge on any atom is 0.221 e. The summed E-state index contributed by atoms with van der Waals surface area (Å²) in [6.45, 7) is 2.38. The van der Waals surface area contributed by atoms with E-state index < -0.39 is 0 Å². The van der Waals surface area contributed by atoms with Gasteiger partial charge < -0.3 is 10.7 Å². The number of anilines is 1. The van der Waals surface area contributed by atoms with Gasteiger partial charge in [-0.3, -0.25) is 0 Å². The van der Waals surface area contributed by atoms with Crippen molar-refractivity contribution in [3.63, 3.8) is 0 Å². The molecule has 156 valence electrons. The minimum absolute atomic E-state index is 0.122. The average molecular weight is 441 g/mol. The number of nitrogens with zero attached hydrogens (tertiary/aromatic N) is 6. The first kappa shape index (κ1) is 19.7. The molecule has 32 heavy (non-hydrogen) atoms. The van der Waals surface area contributed by atoms with E-state index in [9.17, 15) is 5.26 Å². The number of nitrogen functional groups attached to an aromatic ring is 1. The summed E-state index contributed by atoms with van der Waals surface area (Å²) >= 11 is 6.38. The zero-order valence-corrected chi connectivity index (χ0v) is 17.8. The van der Waals surface area contributed by atoms with Crippen LogP contribution < -0.4 is 5.73 Å². The van der Waals surface area contributed by atoms with Crippen LogP contribution in [0.3, 0.4) is 0 Å². The molecule has 0 aliphatic rings. The molecule has 5 aromatic rings. The number of nitrogens with one attached hydrogen (secondary N) is 1. The summed E-state index contributed by atoms with van der Waals surface area (Å²) in [4.78, 5) is 11.9. The van der Waals surface area contributed by atoms with E-state index in [1.54, 1.807) is 23.0 Å². The SMILES string of the molecule is Cc1c(C#N)cccc1-c1cc(-c2cn(Cc3c[nH]c4cccc(Cl)c34)nn2)nc(N)n1. The lowest BCUT2D eigenvalue weighted by atomic mass is 10.00. The van der Waals surface area contributed by atoms with Gasteiger partial charge in [-0.05, 0) is 36.8 Å². The average Bonchev–Trinajstić information content (AvgIpc) is 3.42. The highest BCUT2D eigenvalue weighted by atomic mass is 35.5. The second kappa shape index (κ2) is 7.80. The number of rotatable bonds is 4. The Kier molecular flexibility index (Phi) is 4.81. The summed E-state index contributed by atoms with van der Waals surface area (Å²) in [5.74, 6) is 0.122. The number of halogens is 1. The number of aromatic amines is 1. The minimum atomic E-state index is 0.122.